The summed E-state index contributed by atoms with van der Waals surface area (Å²) in [4.78, 5) is 66.3. The summed E-state index contributed by atoms with van der Waals surface area (Å²) in [6.07, 6.45) is 6.49. The Morgan fingerprint density at radius 1 is 0.958 bits per heavy atom. The number of aromatic hydroxyl groups is 2. The van der Waals surface area contributed by atoms with E-state index < -0.39 is 94.7 Å². The molecule has 9 atom stereocenters. The van der Waals surface area contributed by atoms with E-state index in [2.05, 4.69) is 34.4 Å². The molecule has 5 aliphatic heterocycles. The summed E-state index contributed by atoms with van der Waals surface area (Å²) in [5.74, 6) is -8.25. The number of hydrogen-bond acceptors (Lipinski definition) is 17. The van der Waals surface area contributed by atoms with Crippen molar-refractivity contribution in [3.05, 3.63) is 69.9 Å². The van der Waals surface area contributed by atoms with Crippen LogP contribution in [0.15, 0.2) is 52.3 Å². The number of carboxylic acid groups (broad SMARTS) is 1. The third kappa shape index (κ3) is 10.8. The van der Waals surface area contributed by atoms with Gasteiger partial charge in [0.2, 0.25) is 0 Å². The number of aryl methyl sites for hydroxylation is 1. The maximum atomic E-state index is 14.9. The number of hydrogen-bond donors (Lipinski definition) is 6. The highest BCUT2D eigenvalue weighted by Gasteiger charge is 2.50. The molecule has 1 spiro atoms. The molecule has 1 fully saturated rings. The van der Waals surface area contributed by atoms with Gasteiger partial charge in [0.05, 0.1) is 46.6 Å². The van der Waals surface area contributed by atoms with Crippen LogP contribution in [-0.2, 0) is 41.6 Å². The van der Waals surface area contributed by atoms with Gasteiger partial charge in [0.25, 0.3) is 11.7 Å². The molecule has 1 amide bonds. The highest BCUT2D eigenvalue weighted by Crippen LogP contribution is 2.50. The average Bonchev–Trinajstić information content (AvgIpc) is 4.02. The molecule has 6 heterocycles. The number of phenolic OH excluding ortho intramolecular Hbond substituents is 2. The topological polar surface area (TPSA) is 277 Å². The Morgan fingerprint density at radius 3 is 2.32 bits per heavy atom. The number of amides is 1. The van der Waals surface area contributed by atoms with Crippen molar-refractivity contribution in [3.63, 3.8) is 0 Å². The fourth-order valence-electron chi connectivity index (χ4n) is 10.3. The zero-order valence-corrected chi connectivity index (χ0v) is 42.7. The molecule has 0 saturated carbocycles. The number of nitrogens with one attached hydrogen (secondary N) is 1. The molecular weight excluding hydrogens is 931 g/mol. The quantitative estimate of drug-likeness (QED) is 0.121. The molecule has 8 rings (SSSR count). The SMILES string of the molecule is CO[C@H]1/C=C/O[C@@]2(C)Oc3c(C)c(O)c4c(O)c(c5c(c4c3C2=O)=NC2(CCN(CC(C)C)CC2)N=5)NC(=O)/C(C)=C\C=C\[C@H](C)[C@H](O)[C@@H](C)[C@@H](O)[C@@H](C)[C@H](OC(=O)Cn2cc(CCCC(=O)O)nn2)[C@@H]1C. The number of aliphatic hydroxyl groups is 2. The molecule has 390 valence electrons. The van der Waals surface area contributed by atoms with Crippen molar-refractivity contribution in [1.29, 1.82) is 0 Å². The number of rotatable bonds is 10. The molecule has 1 aromatic heterocycles. The number of carbonyl (C=O) groups excluding carboxylic acids is 3. The van der Waals surface area contributed by atoms with E-state index in [-0.39, 0.29) is 62.6 Å². The zero-order chi connectivity index (χ0) is 52.6. The van der Waals surface area contributed by atoms with Gasteiger partial charge in [-0.25, -0.2) is 4.68 Å². The molecule has 0 unspecified atom stereocenters. The molecule has 6 N–H and O–H groups in total. The minimum atomic E-state index is -2.03. The largest absolute Gasteiger partial charge is 0.507 e. The number of benzene rings is 2. The normalized spacial score (nSPS) is 29.4. The van der Waals surface area contributed by atoms with E-state index in [0.29, 0.717) is 50.4 Å². The van der Waals surface area contributed by atoms with E-state index in [4.69, 9.17) is 34.0 Å². The maximum Gasteiger partial charge on any atom is 0.328 e. The summed E-state index contributed by atoms with van der Waals surface area (Å²) in [6, 6.07) is 0. The molecule has 20 heteroatoms. The Hall–Kier alpha value is -6.22. The number of aliphatic hydroxyl groups excluding tert-OH is 2. The van der Waals surface area contributed by atoms with Crippen molar-refractivity contribution in [2.24, 2.45) is 39.6 Å². The van der Waals surface area contributed by atoms with E-state index in [1.165, 1.54) is 44.2 Å². The van der Waals surface area contributed by atoms with Crippen molar-refractivity contribution in [2.45, 2.75) is 137 Å². The van der Waals surface area contributed by atoms with E-state index in [1.54, 1.807) is 52.8 Å². The molecule has 2 aromatic carbocycles. The van der Waals surface area contributed by atoms with Crippen LogP contribution in [0.3, 0.4) is 0 Å². The number of ether oxygens (including phenoxy) is 4. The molecular formula is C52H69N7O13. The molecule has 72 heavy (non-hydrogen) atoms. The van der Waals surface area contributed by atoms with Gasteiger partial charge in [-0.15, -0.1) is 5.10 Å². The number of allylic oxidation sites excluding steroid dienone is 2. The Kier molecular flexibility index (Phi) is 16.0. The Labute approximate surface area is 418 Å². The van der Waals surface area contributed by atoms with Gasteiger partial charge in [0.15, 0.2) is 11.4 Å². The lowest BCUT2D eigenvalue weighted by Crippen LogP contribution is -2.47. The third-order valence-corrected chi connectivity index (χ3v) is 14.6. The van der Waals surface area contributed by atoms with Crippen molar-refractivity contribution in [1.82, 2.24) is 19.9 Å². The standard InChI is InChI=1S/C52H69N7O13/c1-26(2)23-58-20-18-52(19-21-58)54-40-37-38-45(65)32(8)48-39(37)49(67)51(9,72-48)70-22-17-34(69-10)29(5)47(71-36(62)25-59-24-33(56-57-59)15-12-16-35(60)61)31(7)44(64)30(6)43(63)27(3)13-11-14-28(4)50(68)53-42(46(38)66)41(40)55-52/h11,13-14,17,22,24,26-27,29-31,34,43-44,47,63-66H,12,15-16,18-21,23,25H2,1-10H3,(H,53,68)(H,60,61)/b13-11+,22-17+,28-14-/t27-,29+,30+,31+,34-,43-,44+,47+,51-/m0/s1. The summed E-state index contributed by atoms with van der Waals surface area (Å²) in [6.45, 7) is 17.6. The van der Waals surface area contributed by atoms with Gasteiger partial charge >= 0.3 is 17.7 Å². The number of esters is 1. The van der Waals surface area contributed by atoms with Crippen molar-refractivity contribution in [3.8, 4) is 17.2 Å². The van der Waals surface area contributed by atoms with Gasteiger partial charge in [-0.1, -0.05) is 65.0 Å². The maximum absolute atomic E-state index is 14.9. The molecule has 1 saturated heterocycles. The predicted octanol–water partition coefficient (Wildman–Crippen LogP) is 4.43. The van der Waals surface area contributed by atoms with Crippen molar-refractivity contribution < 1.29 is 63.7 Å². The lowest BCUT2D eigenvalue weighted by Gasteiger charge is -2.38. The minimum absolute atomic E-state index is 0.00109. The number of methoxy groups -OCH3 is 1. The summed E-state index contributed by atoms with van der Waals surface area (Å²) in [7, 11) is 1.43. The van der Waals surface area contributed by atoms with Crippen LogP contribution in [-0.4, -0.2) is 132 Å². The summed E-state index contributed by atoms with van der Waals surface area (Å²) in [5.41, 5.74) is -0.234. The number of aromatic nitrogens is 3. The number of fused-ring (bicyclic) bond motifs is 13. The van der Waals surface area contributed by atoms with Gasteiger partial charge in [-0.2, -0.15) is 0 Å². The minimum Gasteiger partial charge on any atom is -0.507 e. The van der Waals surface area contributed by atoms with E-state index in [9.17, 15) is 39.6 Å². The van der Waals surface area contributed by atoms with E-state index >= 15 is 0 Å². The number of carbonyl (C=O) groups is 4. The first kappa shape index (κ1) is 53.6. The second-order valence-corrected chi connectivity index (χ2v) is 20.5. The first-order valence-corrected chi connectivity index (χ1v) is 24.7. The molecule has 5 aliphatic rings. The molecule has 0 aliphatic carbocycles. The number of piperidine rings is 1. The monoisotopic (exact) mass is 999 g/mol. The predicted molar refractivity (Wildman–Crippen MR) is 263 cm³/mol. The smallest absolute Gasteiger partial charge is 0.328 e. The van der Waals surface area contributed by atoms with E-state index in [0.717, 1.165) is 6.54 Å². The number of carboxylic acids is 1. The van der Waals surface area contributed by atoms with Crippen LogP contribution in [0.4, 0.5) is 5.69 Å². The summed E-state index contributed by atoms with van der Waals surface area (Å²) in [5, 5.41) is 67.9. The molecule has 5 bridgehead atoms. The Balaban J connectivity index is 1.30. The number of likely N-dealkylation sites (tertiary alicyclic amines) is 1. The molecule has 3 aromatic rings. The van der Waals surface area contributed by atoms with Crippen molar-refractivity contribution >= 4 is 40.1 Å². The van der Waals surface area contributed by atoms with Crippen LogP contribution in [0.5, 0.6) is 17.2 Å². The number of Topliss-reactive ketones (excluding diaryl/α,β-unsaturated/α-hetero) is 1. The number of aliphatic carboxylic acids is 1. The Morgan fingerprint density at radius 2 is 1.65 bits per heavy atom. The van der Waals surface area contributed by atoms with Gasteiger partial charge in [-0.05, 0) is 38.7 Å². The summed E-state index contributed by atoms with van der Waals surface area (Å²) >= 11 is 0. The second-order valence-electron chi connectivity index (χ2n) is 20.5. The molecule has 0 radical (unpaired) electrons. The van der Waals surface area contributed by atoms with Gasteiger partial charge in [-0.3, -0.25) is 29.2 Å². The number of phenols is 2. The van der Waals surface area contributed by atoms with Crippen LogP contribution in [0.1, 0.15) is 103 Å². The van der Waals surface area contributed by atoms with Crippen LogP contribution >= 0.6 is 0 Å². The van der Waals surface area contributed by atoms with Crippen molar-refractivity contribution in [2.75, 3.05) is 32.1 Å². The van der Waals surface area contributed by atoms with Crippen LogP contribution in [0.2, 0.25) is 0 Å². The van der Waals surface area contributed by atoms with Crippen LogP contribution in [0.25, 0.3) is 10.8 Å². The van der Waals surface area contributed by atoms with Gasteiger partial charge in [0, 0.05) is 99.3 Å². The van der Waals surface area contributed by atoms with Crippen LogP contribution < -0.4 is 20.8 Å². The van der Waals surface area contributed by atoms with Gasteiger partial charge < -0.3 is 54.7 Å². The average molecular weight is 1000 g/mol. The lowest BCUT2D eigenvalue weighted by molar-refractivity contribution is -0.164. The fraction of sp³-hybridized carbons (Fsp3) is 0.577. The highest BCUT2D eigenvalue weighted by atomic mass is 16.7. The van der Waals surface area contributed by atoms with E-state index in [1.807, 2.05) is 0 Å². The Bertz CT molecular complexity index is 2810. The third-order valence-electron chi connectivity index (χ3n) is 14.6. The first-order valence-electron chi connectivity index (χ1n) is 24.7. The number of anilines is 1. The second kappa shape index (κ2) is 21.5. The number of ketones is 1. The highest BCUT2D eigenvalue weighted by molar-refractivity contribution is 6.19. The zero-order valence-electron chi connectivity index (χ0n) is 42.7. The first-order chi connectivity index (χ1) is 34.0. The number of nitrogens with zero attached hydrogens (tertiary/aromatic N) is 6. The summed E-state index contributed by atoms with van der Waals surface area (Å²) < 4.78 is 25.9. The molecule has 20 nitrogen and oxygen atoms in total. The van der Waals surface area contributed by atoms with Crippen LogP contribution in [0, 0.1) is 36.5 Å². The van der Waals surface area contributed by atoms with Gasteiger partial charge in [0.1, 0.15) is 35.2 Å². The lowest BCUT2D eigenvalue weighted by atomic mass is 9.78. The fourth-order valence-corrected chi connectivity index (χ4v) is 10.3.